The predicted molar refractivity (Wildman–Crippen MR) is 80.9 cm³/mol. The van der Waals surface area contributed by atoms with Gasteiger partial charge in [0.2, 0.25) is 5.91 Å². The molecule has 2 heterocycles. The molecule has 6 heteroatoms. The van der Waals surface area contributed by atoms with Gasteiger partial charge in [0.25, 0.3) is 0 Å². The smallest absolute Gasteiger partial charge is 0.224 e. The average Bonchev–Trinajstić information content (AvgIpc) is 2.83. The first-order chi connectivity index (χ1) is 10.0. The monoisotopic (exact) mass is 287 g/mol. The summed E-state index contributed by atoms with van der Waals surface area (Å²) in [5.74, 6) is 0.554. The van der Waals surface area contributed by atoms with Crippen molar-refractivity contribution in [3.8, 4) is 5.82 Å². The van der Waals surface area contributed by atoms with Crippen molar-refractivity contribution < 1.29 is 4.79 Å². The predicted octanol–water partition coefficient (Wildman–Crippen LogP) is 1.10. The number of nitrogens with zero attached hydrogens (tertiary/aromatic N) is 3. The van der Waals surface area contributed by atoms with E-state index in [0.29, 0.717) is 13.1 Å². The van der Waals surface area contributed by atoms with E-state index in [1.54, 1.807) is 17.8 Å². The van der Waals surface area contributed by atoms with Crippen LogP contribution in [0.25, 0.3) is 5.82 Å². The molecule has 0 spiro atoms. The van der Waals surface area contributed by atoms with Gasteiger partial charge in [-0.05, 0) is 31.5 Å². The number of amides is 1. The Morgan fingerprint density at radius 1 is 1.43 bits per heavy atom. The average molecular weight is 287 g/mol. The van der Waals surface area contributed by atoms with Crippen molar-refractivity contribution in [2.24, 2.45) is 11.7 Å². The fourth-order valence-electron chi connectivity index (χ4n) is 1.98. The van der Waals surface area contributed by atoms with Crippen molar-refractivity contribution in [3.05, 3.63) is 41.3 Å². The Morgan fingerprint density at radius 2 is 2.19 bits per heavy atom. The zero-order valence-corrected chi connectivity index (χ0v) is 12.6. The fourth-order valence-corrected chi connectivity index (χ4v) is 1.98. The van der Waals surface area contributed by atoms with E-state index >= 15 is 0 Å². The molecule has 1 amide bonds. The Morgan fingerprint density at radius 3 is 2.71 bits per heavy atom. The molecule has 2 aromatic rings. The minimum absolute atomic E-state index is 0.0416. The third-order valence-corrected chi connectivity index (χ3v) is 3.30. The van der Waals surface area contributed by atoms with Gasteiger partial charge < -0.3 is 11.1 Å². The van der Waals surface area contributed by atoms with Crippen LogP contribution in [0.2, 0.25) is 0 Å². The number of hydrogen-bond donors (Lipinski definition) is 2. The molecular weight excluding hydrogens is 266 g/mol. The third-order valence-electron chi connectivity index (χ3n) is 3.30. The van der Waals surface area contributed by atoms with E-state index in [9.17, 15) is 4.79 Å². The molecule has 6 nitrogen and oxygen atoms in total. The summed E-state index contributed by atoms with van der Waals surface area (Å²) >= 11 is 0. The van der Waals surface area contributed by atoms with E-state index in [4.69, 9.17) is 5.73 Å². The molecule has 1 atom stereocenters. The number of nitrogens with two attached hydrogens (primary N) is 1. The largest absolute Gasteiger partial charge is 0.352 e. The Hall–Kier alpha value is -2.21. The molecule has 112 valence electrons. The first-order valence-electron chi connectivity index (χ1n) is 6.97. The highest BCUT2D eigenvalue weighted by Crippen LogP contribution is 2.10. The molecule has 0 saturated heterocycles. The number of aryl methyl sites for hydroxylation is 2. The summed E-state index contributed by atoms with van der Waals surface area (Å²) in [4.78, 5) is 16.0. The molecule has 0 saturated carbocycles. The molecule has 3 N–H and O–H groups in total. The molecule has 21 heavy (non-hydrogen) atoms. The summed E-state index contributed by atoms with van der Waals surface area (Å²) in [6.07, 6.45) is 1.75. The van der Waals surface area contributed by atoms with Crippen LogP contribution in [0.15, 0.2) is 24.4 Å². The van der Waals surface area contributed by atoms with Gasteiger partial charge in [0.15, 0.2) is 5.82 Å². The standard InChI is InChI=1S/C15H21N5O/c1-10(7-16)15(21)18-9-13-4-5-14(17-8-13)20-12(3)6-11(2)19-20/h4-6,8,10H,7,9,16H2,1-3H3,(H,18,21). The first-order valence-corrected chi connectivity index (χ1v) is 6.97. The molecule has 2 rings (SSSR count). The van der Waals surface area contributed by atoms with E-state index in [1.807, 2.05) is 32.0 Å². The Kier molecular flexibility index (Phi) is 4.70. The van der Waals surface area contributed by atoms with Crippen molar-refractivity contribution in [3.63, 3.8) is 0 Å². The molecule has 0 radical (unpaired) electrons. The number of hydrogen-bond acceptors (Lipinski definition) is 4. The highest BCUT2D eigenvalue weighted by molar-refractivity contribution is 5.78. The zero-order chi connectivity index (χ0) is 15.4. The lowest BCUT2D eigenvalue weighted by molar-refractivity contribution is -0.124. The molecule has 0 aliphatic carbocycles. The van der Waals surface area contributed by atoms with Crippen LogP contribution in [0.5, 0.6) is 0 Å². The highest BCUT2D eigenvalue weighted by Gasteiger charge is 2.10. The number of aromatic nitrogens is 3. The van der Waals surface area contributed by atoms with Gasteiger partial charge in [0.1, 0.15) is 0 Å². The van der Waals surface area contributed by atoms with E-state index in [1.165, 1.54) is 0 Å². The van der Waals surface area contributed by atoms with Gasteiger partial charge in [0.05, 0.1) is 5.69 Å². The van der Waals surface area contributed by atoms with Gasteiger partial charge in [-0.15, -0.1) is 0 Å². The quantitative estimate of drug-likeness (QED) is 0.862. The van der Waals surface area contributed by atoms with E-state index in [-0.39, 0.29) is 11.8 Å². The number of rotatable bonds is 5. The van der Waals surface area contributed by atoms with Crippen LogP contribution in [0.1, 0.15) is 23.9 Å². The zero-order valence-electron chi connectivity index (χ0n) is 12.6. The lowest BCUT2D eigenvalue weighted by atomic mass is 10.1. The van der Waals surface area contributed by atoms with Crippen molar-refractivity contribution in [2.45, 2.75) is 27.3 Å². The third kappa shape index (κ3) is 3.66. The normalized spacial score (nSPS) is 12.2. The molecule has 1 unspecified atom stereocenters. The molecular formula is C15H21N5O. The Balaban J connectivity index is 2.03. The van der Waals surface area contributed by atoms with Crippen LogP contribution < -0.4 is 11.1 Å². The SMILES string of the molecule is Cc1cc(C)n(-c2ccc(CNC(=O)C(C)CN)cn2)n1. The van der Waals surface area contributed by atoms with E-state index < -0.39 is 0 Å². The summed E-state index contributed by atoms with van der Waals surface area (Å²) in [5.41, 5.74) is 8.40. The summed E-state index contributed by atoms with van der Waals surface area (Å²) in [5, 5.41) is 7.23. The Bertz CT molecular complexity index is 617. The van der Waals surface area contributed by atoms with Gasteiger partial charge in [0, 0.05) is 30.9 Å². The molecule has 0 aliphatic rings. The van der Waals surface area contributed by atoms with Crippen molar-refractivity contribution in [1.82, 2.24) is 20.1 Å². The van der Waals surface area contributed by atoms with Crippen LogP contribution in [0, 0.1) is 19.8 Å². The molecule has 0 fully saturated rings. The lowest BCUT2D eigenvalue weighted by Crippen LogP contribution is -2.32. The van der Waals surface area contributed by atoms with E-state index in [0.717, 1.165) is 22.8 Å². The number of carbonyl (C=O) groups is 1. The number of carbonyl (C=O) groups excluding carboxylic acids is 1. The topological polar surface area (TPSA) is 85.8 Å². The van der Waals surface area contributed by atoms with Crippen LogP contribution in [-0.2, 0) is 11.3 Å². The van der Waals surface area contributed by atoms with Crippen LogP contribution in [0.3, 0.4) is 0 Å². The molecule has 0 aromatic carbocycles. The summed E-state index contributed by atoms with van der Waals surface area (Å²) in [6.45, 7) is 6.55. The number of pyridine rings is 1. The van der Waals surface area contributed by atoms with Gasteiger partial charge in [-0.1, -0.05) is 13.0 Å². The highest BCUT2D eigenvalue weighted by atomic mass is 16.1. The minimum Gasteiger partial charge on any atom is -0.352 e. The molecule has 0 bridgehead atoms. The lowest BCUT2D eigenvalue weighted by Gasteiger charge is -2.10. The summed E-state index contributed by atoms with van der Waals surface area (Å²) < 4.78 is 1.80. The first kappa shape index (κ1) is 15.2. The van der Waals surface area contributed by atoms with Gasteiger partial charge in [-0.2, -0.15) is 5.10 Å². The van der Waals surface area contributed by atoms with Crippen molar-refractivity contribution >= 4 is 5.91 Å². The van der Waals surface area contributed by atoms with E-state index in [2.05, 4.69) is 15.4 Å². The van der Waals surface area contributed by atoms with Crippen LogP contribution in [0.4, 0.5) is 0 Å². The second-order valence-electron chi connectivity index (χ2n) is 5.22. The summed E-state index contributed by atoms with van der Waals surface area (Å²) in [7, 11) is 0. The fraction of sp³-hybridized carbons (Fsp3) is 0.400. The molecule has 2 aromatic heterocycles. The Labute approximate surface area is 124 Å². The van der Waals surface area contributed by atoms with Crippen LogP contribution in [-0.4, -0.2) is 27.2 Å². The second kappa shape index (κ2) is 6.49. The maximum Gasteiger partial charge on any atom is 0.224 e. The van der Waals surface area contributed by atoms with Gasteiger partial charge in [-0.25, -0.2) is 9.67 Å². The van der Waals surface area contributed by atoms with Crippen molar-refractivity contribution in [1.29, 1.82) is 0 Å². The van der Waals surface area contributed by atoms with Gasteiger partial charge in [-0.3, -0.25) is 4.79 Å². The number of nitrogens with one attached hydrogen (secondary N) is 1. The maximum atomic E-state index is 11.7. The molecule has 0 aliphatic heterocycles. The maximum absolute atomic E-state index is 11.7. The minimum atomic E-state index is -0.174. The summed E-state index contributed by atoms with van der Waals surface area (Å²) in [6, 6.07) is 5.84. The second-order valence-corrected chi connectivity index (χ2v) is 5.22. The van der Waals surface area contributed by atoms with Gasteiger partial charge >= 0.3 is 0 Å². The van der Waals surface area contributed by atoms with Crippen molar-refractivity contribution in [2.75, 3.05) is 6.54 Å². The van der Waals surface area contributed by atoms with Crippen LogP contribution >= 0.6 is 0 Å².